The fourth-order valence-electron chi connectivity index (χ4n) is 1.66. The van der Waals surface area contributed by atoms with Crippen molar-refractivity contribution in [3.63, 3.8) is 0 Å². The molecule has 2 unspecified atom stereocenters. The molecule has 0 amide bonds. The van der Waals surface area contributed by atoms with E-state index in [0.717, 1.165) is 0 Å². The molecule has 0 aromatic heterocycles. The van der Waals surface area contributed by atoms with Gasteiger partial charge in [-0.3, -0.25) is 0 Å². The average Bonchev–Trinajstić information content (AvgIpc) is 2.49. The minimum absolute atomic E-state index is 0.159. The molecule has 2 atom stereocenters. The first kappa shape index (κ1) is 15.4. The predicted molar refractivity (Wildman–Crippen MR) is 83.0 cm³/mol. The SMILES string of the molecule is CC(N)c1ccccc1.CNC(C)c1ccccc1. The summed E-state index contributed by atoms with van der Waals surface area (Å²) in [6, 6.07) is 21.1. The zero-order valence-electron chi connectivity index (χ0n) is 12.0. The normalized spacial score (nSPS) is 13.1. The molecule has 3 N–H and O–H groups in total. The topological polar surface area (TPSA) is 38.0 Å². The Kier molecular flexibility index (Phi) is 6.86. The van der Waals surface area contributed by atoms with E-state index in [2.05, 4.69) is 36.5 Å². The van der Waals surface area contributed by atoms with Crippen molar-refractivity contribution >= 4 is 0 Å². The van der Waals surface area contributed by atoms with Crippen LogP contribution in [0.15, 0.2) is 60.7 Å². The summed E-state index contributed by atoms with van der Waals surface area (Å²) in [6.45, 7) is 4.13. The van der Waals surface area contributed by atoms with Gasteiger partial charge in [-0.1, -0.05) is 60.7 Å². The predicted octanol–water partition coefficient (Wildman–Crippen LogP) is 3.67. The van der Waals surface area contributed by atoms with Gasteiger partial charge in [-0.05, 0) is 32.0 Å². The maximum Gasteiger partial charge on any atom is 0.0289 e. The summed E-state index contributed by atoms with van der Waals surface area (Å²) >= 11 is 0. The molecule has 2 aromatic rings. The monoisotopic (exact) mass is 256 g/mol. The molecule has 2 rings (SSSR count). The first-order valence-electron chi connectivity index (χ1n) is 6.68. The molecule has 0 saturated heterocycles. The molecule has 2 nitrogen and oxygen atoms in total. The van der Waals surface area contributed by atoms with Crippen LogP contribution in [0.4, 0.5) is 0 Å². The van der Waals surface area contributed by atoms with E-state index in [1.165, 1.54) is 11.1 Å². The van der Waals surface area contributed by atoms with Crippen LogP contribution in [0.25, 0.3) is 0 Å². The highest BCUT2D eigenvalue weighted by Gasteiger charge is 1.97. The minimum Gasteiger partial charge on any atom is -0.324 e. The second-order valence-electron chi connectivity index (χ2n) is 4.62. The molecular weight excluding hydrogens is 232 g/mol. The highest BCUT2D eigenvalue weighted by atomic mass is 14.8. The molecule has 0 bridgehead atoms. The molecular formula is C17H24N2. The lowest BCUT2D eigenvalue weighted by molar-refractivity contribution is 0.652. The van der Waals surface area contributed by atoms with Crippen LogP contribution in [0.5, 0.6) is 0 Å². The first-order chi connectivity index (χ1) is 9.15. The van der Waals surface area contributed by atoms with Crippen molar-refractivity contribution in [2.24, 2.45) is 5.73 Å². The zero-order valence-corrected chi connectivity index (χ0v) is 12.0. The molecule has 0 aliphatic heterocycles. The second kappa shape index (κ2) is 8.46. The minimum atomic E-state index is 0.159. The van der Waals surface area contributed by atoms with Crippen molar-refractivity contribution < 1.29 is 0 Å². The van der Waals surface area contributed by atoms with Gasteiger partial charge < -0.3 is 11.1 Å². The molecule has 0 fully saturated rings. The van der Waals surface area contributed by atoms with Gasteiger partial charge in [0.15, 0.2) is 0 Å². The maximum absolute atomic E-state index is 5.61. The number of hydrogen-bond acceptors (Lipinski definition) is 2. The lowest BCUT2D eigenvalue weighted by Crippen LogP contribution is -2.11. The summed E-state index contributed by atoms with van der Waals surface area (Å²) in [5.41, 5.74) is 8.14. The highest BCUT2D eigenvalue weighted by molar-refractivity contribution is 5.18. The number of benzene rings is 2. The Morgan fingerprint density at radius 1 is 0.789 bits per heavy atom. The first-order valence-corrected chi connectivity index (χ1v) is 6.68. The summed E-state index contributed by atoms with van der Waals surface area (Å²) in [5, 5.41) is 3.18. The molecule has 0 saturated carbocycles. The van der Waals surface area contributed by atoms with Crippen LogP contribution >= 0.6 is 0 Å². The van der Waals surface area contributed by atoms with Crippen LogP contribution in [0.3, 0.4) is 0 Å². The molecule has 0 heterocycles. The standard InChI is InChI=1S/C9H13N.C8H11N/c1-8(10-2)9-6-4-3-5-7-9;1-7(9)8-5-3-2-4-6-8/h3-8,10H,1-2H3;2-7H,9H2,1H3. The third kappa shape index (κ3) is 5.69. The van der Waals surface area contributed by atoms with Gasteiger partial charge in [-0.25, -0.2) is 0 Å². The van der Waals surface area contributed by atoms with E-state index in [0.29, 0.717) is 6.04 Å². The number of hydrogen-bond donors (Lipinski definition) is 2. The van der Waals surface area contributed by atoms with Gasteiger partial charge in [0.1, 0.15) is 0 Å². The summed E-state index contributed by atoms with van der Waals surface area (Å²) in [6.07, 6.45) is 0. The average molecular weight is 256 g/mol. The van der Waals surface area contributed by atoms with Gasteiger partial charge in [0.2, 0.25) is 0 Å². The van der Waals surface area contributed by atoms with Crippen molar-refractivity contribution in [1.29, 1.82) is 0 Å². The Balaban J connectivity index is 0.000000191. The quantitative estimate of drug-likeness (QED) is 0.879. The Morgan fingerprint density at radius 3 is 1.53 bits per heavy atom. The molecule has 19 heavy (non-hydrogen) atoms. The van der Waals surface area contributed by atoms with Crippen molar-refractivity contribution in [2.45, 2.75) is 25.9 Å². The van der Waals surface area contributed by atoms with Crippen molar-refractivity contribution in [3.8, 4) is 0 Å². The lowest BCUT2D eigenvalue weighted by Gasteiger charge is -2.08. The zero-order chi connectivity index (χ0) is 14.1. The van der Waals surface area contributed by atoms with Crippen LogP contribution in [-0.2, 0) is 0 Å². The Bertz CT molecular complexity index is 437. The number of nitrogens with one attached hydrogen (secondary N) is 1. The molecule has 2 heteroatoms. The van der Waals surface area contributed by atoms with Crippen molar-refractivity contribution in [1.82, 2.24) is 5.32 Å². The van der Waals surface area contributed by atoms with E-state index in [4.69, 9.17) is 5.73 Å². The van der Waals surface area contributed by atoms with Gasteiger partial charge >= 0.3 is 0 Å². The Morgan fingerprint density at radius 2 is 1.21 bits per heavy atom. The van der Waals surface area contributed by atoms with E-state index >= 15 is 0 Å². The number of rotatable bonds is 3. The smallest absolute Gasteiger partial charge is 0.0289 e. The van der Waals surface area contributed by atoms with Crippen LogP contribution in [0.2, 0.25) is 0 Å². The third-order valence-corrected chi connectivity index (χ3v) is 3.06. The Labute approximate surface area is 116 Å². The summed E-state index contributed by atoms with van der Waals surface area (Å²) < 4.78 is 0. The molecule has 102 valence electrons. The summed E-state index contributed by atoms with van der Waals surface area (Å²) in [7, 11) is 1.97. The molecule has 0 spiro atoms. The van der Waals surface area contributed by atoms with Crippen LogP contribution in [-0.4, -0.2) is 7.05 Å². The highest BCUT2D eigenvalue weighted by Crippen LogP contribution is 2.09. The molecule has 0 aliphatic carbocycles. The maximum atomic E-state index is 5.61. The Hall–Kier alpha value is -1.64. The lowest BCUT2D eigenvalue weighted by atomic mass is 10.1. The van der Waals surface area contributed by atoms with Gasteiger partial charge in [0, 0.05) is 12.1 Å². The van der Waals surface area contributed by atoms with E-state index in [-0.39, 0.29) is 6.04 Å². The van der Waals surface area contributed by atoms with E-state index in [9.17, 15) is 0 Å². The third-order valence-electron chi connectivity index (χ3n) is 3.06. The fourth-order valence-corrected chi connectivity index (χ4v) is 1.66. The van der Waals surface area contributed by atoms with Crippen LogP contribution in [0.1, 0.15) is 37.1 Å². The van der Waals surface area contributed by atoms with Crippen LogP contribution < -0.4 is 11.1 Å². The van der Waals surface area contributed by atoms with Crippen LogP contribution in [0, 0.1) is 0 Å². The largest absolute Gasteiger partial charge is 0.324 e. The summed E-state index contributed by atoms with van der Waals surface area (Å²) in [4.78, 5) is 0. The number of nitrogens with two attached hydrogens (primary N) is 1. The van der Waals surface area contributed by atoms with Gasteiger partial charge in [-0.2, -0.15) is 0 Å². The molecule has 0 aliphatic rings. The van der Waals surface area contributed by atoms with E-state index in [1.807, 2.05) is 50.4 Å². The van der Waals surface area contributed by atoms with Crippen molar-refractivity contribution in [3.05, 3.63) is 71.8 Å². The second-order valence-corrected chi connectivity index (χ2v) is 4.62. The summed E-state index contributed by atoms with van der Waals surface area (Å²) in [5.74, 6) is 0. The van der Waals surface area contributed by atoms with Gasteiger partial charge in [0.05, 0.1) is 0 Å². The van der Waals surface area contributed by atoms with Crippen molar-refractivity contribution in [2.75, 3.05) is 7.05 Å². The van der Waals surface area contributed by atoms with Gasteiger partial charge in [0.25, 0.3) is 0 Å². The van der Waals surface area contributed by atoms with E-state index < -0.39 is 0 Å². The fraction of sp³-hybridized carbons (Fsp3) is 0.294. The van der Waals surface area contributed by atoms with E-state index in [1.54, 1.807) is 0 Å². The molecule has 2 aromatic carbocycles. The van der Waals surface area contributed by atoms with Gasteiger partial charge in [-0.15, -0.1) is 0 Å². The molecule has 0 radical (unpaired) electrons.